The number of carbonyl (C=O) groups is 1. The Morgan fingerprint density at radius 3 is 2.46 bits per heavy atom. The number of fused-ring (bicyclic) bond motifs is 1. The third kappa shape index (κ3) is 6.21. The predicted molar refractivity (Wildman–Crippen MR) is 154 cm³/mol. The van der Waals surface area contributed by atoms with E-state index in [0.717, 1.165) is 4.47 Å². The van der Waals surface area contributed by atoms with Crippen LogP contribution in [0.4, 0.5) is 10.5 Å². The van der Waals surface area contributed by atoms with E-state index < -0.39 is 6.04 Å². The average Bonchev–Trinajstić information content (AvgIpc) is 2.87. The summed E-state index contributed by atoms with van der Waals surface area (Å²) < 4.78 is 2.53. The molecule has 0 bridgehead atoms. The second kappa shape index (κ2) is 11.9. The van der Waals surface area contributed by atoms with Crippen molar-refractivity contribution < 1.29 is 4.79 Å². The van der Waals surface area contributed by atoms with Gasteiger partial charge in [0.05, 0.1) is 22.6 Å². The van der Waals surface area contributed by atoms with Crippen LogP contribution < -0.4 is 10.9 Å². The number of nitrogens with one attached hydrogen (secondary N) is 1. The van der Waals surface area contributed by atoms with Crippen LogP contribution >= 0.6 is 27.5 Å². The molecule has 1 heterocycles. The number of urea groups is 1. The second-order valence-corrected chi connectivity index (χ2v) is 10.3. The van der Waals surface area contributed by atoms with E-state index in [1.165, 1.54) is 0 Å². The zero-order valence-corrected chi connectivity index (χ0v) is 23.3. The number of anilines is 1. The van der Waals surface area contributed by atoms with Crippen LogP contribution in [-0.2, 0) is 0 Å². The van der Waals surface area contributed by atoms with Gasteiger partial charge in [0.2, 0.25) is 0 Å². The number of hydrogen-bond acceptors (Lipinski definition) is 4. The van der Waals surface area contributed by atoms with E-state index in [0.29, 0.717) is 52.6 Å². The summed E-state index contributed by atoms with van der Waals surface area (Å²) in [6, 6.07) is 21.1. The molecule has 3 aromatic carbocycles. The molecule has 0 aliphatic heterocycles. The second-order valence-electron chi connectivity index (χ2n) is 8.97. The third-order valence-corrected chi connectivity index (χ3v) is 6.84. The van der Waals surface area contributed by atoms with Gasteiger partial charge in [0.1, 0.15) is 5.82 Å². The van der Waals surface area contributed by atoms with Gasteiger partial charge in [0.15, 0.2) is 0 Å². The number of carbonyl (C=O) groups excluding carboxylic acids is 1. The Bertz CT molecular complexity index is 1460. The number of benzene rings is 3. The highest BCUT2D eigenvalue weighted by atomic mass is 79.9. The first-order valence-electron chi connectivity index (χ1n) is 12.0. The van der Waals surface area contributed by atoms with E-state index in [2.05, 4.69) is 21.2 Å². The Morgan fingerprint density at radius 1 is 1.05 bits per heavy atom. The fourth-order valence-corrected chi connectivity index (χ4v) is 4.68. The minimum Gasteiger partial charge on any atom is -0.313 e. The van der Waals surface area contributed by atoms with Gasteiger partial charge in [-0.05, 0) is 75.1 Å². The van der Waals surface area contributed by atoms with Gasteiger partial charge in [0.25, 0.3) is 5.56 Å². The fourth-order valence-electron chi connectivity index (χ4n) is 4.22. The molecule has 192 valence electrons. The lowest BCUT2D eigenvalue weighted by Gasteiger charge is -2.33. The molecule has 37 heavy (non-hydrogen) atoms. The molecule has 7 nitrogen and oxygen atoms in total. The molecular weight excluding hydrogens is 554 g/mol. The first kappa shape index (κ1) is 26.9. The van der Waals surface area contributed by atoms with Crippen molar-refractivity contribution in [1.82, 2.24) is 19.4 Å². The normalized spacial score (nSPS) is 12.1. The highest BCUT2D eigenvalue weighted by Gasteiger charge is 2.29. The lowest BCUT2D eigenvalue weighted by Crippen LogP contribution is -2.43. The molecule has 0 radical (unpaired) electrons. The number of aromatic nitrogens is 2. The Hall–Kier alpha value is -3.20. The molecule has 0 saturated heterocycles. The molecule has 1 atom stereocenters. The van der Waals surface area contributed by atoms with Crippen molar-refractivity contribution in [2.24, 2.45) is 0 Å². The lowest BCUT2D eigenvalue weighted by molar-refractivity contribution is 0.173. The summed E-state index contributed by atoms with van der Waals surface area (Å²) in [6.07, 6.45) is 0.553. The quantitative estimate of drug-likeness (QED) is 0.263. The maximum atomic E-state index is 13.8. The van der Waals surface area contributed by atoms with E-state index >= 15 is 0 Å². The summed E-state index contributed by atoms with van der Waals surface area (Å²) in [5, 5.41) is 4.03. The Morgan fingerprint density at radius 2 is 1.78 bits per heavy atom. The summed E-state index contributed by atoms with van der Waals surface area (Å²) in [6.45, 7) is 3.06. The topological polar surface area (TPSA) is 70.5 Å². The van der Waals surface area contributed by atoms with Crippen LogP contribution in [0.25, 0.3) is 16.6 Å². The minimum atomic E-state index is -0.472. The van der Waals surface area contributed by atoms with Crippen LogP contribution in [0.5, 0.6) is 0 Å². The Labute approximate surface area is 229 Å². The summed E-state index contributed by atoms with van der Waals surface area (Å²) in [4.78, 5) is 36.2. The van der Waals surface area contributed by atoms with E-state index in [1.54, 1.807) is 39.8 Å². The first-order valence-corrected chi connectivity index (χ1v) is 13.2. The van der Waals surface area contributed by atoms with Crippen LogP contribution in [-0.4, -0.2) is 52.6 Å². The number of nitrogens with zero attached hydrogens (tertiary/aromatic N) is 4. The van der Waals surface area contributed by atoms with Crippen LogP contribution in [0, 0.1) is 0 Å². The van der Waals surface area contributed by atoms with Gasteiger partial charge in [-0.15, -0.1) is 0 Å². The SMILES string of the molecule is CCC(c1nc2ccccc2c(=O)n1-c1ccc(Br)cc1)N(CCN(C)C)C(=O)Nc1cccc(Cl)c1. The first-order chi connectivity index (χ1) is 17.8. The molecule has 0 aliphatic carbocycles. The highest BCUT2D eigenvalue weighted by Crippen LogP contribution is 2.27. The Balaban J connectivity index is 1.86. The molecule has 0 fully saturated rings. The lowest BCUT2D eigenvalue weighted by atomic mass is 10.1. The number of hydrogen-bond donors (Lipinski definition) is 1. The number of halogens is 2. The molecule has 1 unspecified atom stereocenters. The van der Waals surface area contributed by atoms with E-state index in [-0.39, 0.29) is 11.6 Å². The van der Waals surface area contributed by atoms with E-state index in [4.69, 9.17) is 16.6 Å². The molecule has 0 spiro atoms. The van der Waals surface area contributed by atoms with Crippen LogP contribution in [0.3, 0.4) is 0 Å². The minimum absolute atomic E-state index is 0.177. The molecule has 1 aromatic heterocycles. The zero-order chi connectivity index (χ0) is 26.5. The number of para-hydroxylation sites is 1. The van der Waals surface area contributed by atoms with Gasteiger partial charge in [0, 0.05) is 28.3 Å². The molecular formula is C28H29BrClN5O2. The van der Waals surface area contributed by atoms with Gasteiger partial charge < -0.3 is 15.1 Å². The average molecular weight is 583 g/mol. The monoisotopic (exact) mass is 581 g/mol. The van der Waals surface area contributed by atoms with Crippen molar-refractivity contribution >= 4 is 50.2 Å². The maximum Gasteiger partial charge on any atom is 0.322 e. The van der Waals surface area contributed by atoms with Crippen LogP contribution in [0.1, 0.15) is 25.2 Å². The van der Waals surface area contributed by atoms with Crippen molar-refractivity contribution in [3.63, 3.8) is 0 Å². The molecule has 0 saturated carbocycles. The summed E-state index contributed by atoms with van der Waals surface area (Å²) in [5.74, 6) is 0.508. The van der Waals surface area contributed by atoms with Crippen molar-refractivity contribution in [2.45, 2.75) is 19.4 Å². The van der Waals surface area contributed by atoms with Crippen molar-refractivity contribution in [3.8, 4) is 5.69 Å². The van der Waals surface area contributed by atoms with Crippen LogP contribution in [0.2, 0.25) is 5.02 Å². The largest absolute Gasteiger partial charge is 0.322 e. The summed E-state index contributed by atoms with van der Waals surface area (Å²) >= 11 is 9.62. The van der Waals surface area contributed by atoms with Gasteiger partial charge >= 0.3 is 6.03 Å². The maximum absolute atomic E-state index is 13.8. The molecule has 2 amide bonds. The van der Waals surface area contributed by atoms with Gasteiger partial charge in [-0.25, -0.2) is 9.78 Å². The number of amides is 2. The van der Waals surface area contributed by atoms with E-state index in [1.807, 2.05) is 68.4 Å². The van der Waals surface area contributed by atoms with E-state index in [9.17, 15) is 9.59 Å². The van der Waals surface area contributed by atoms with Crippen molar-refractivity contribution in [2.75, 3.05) is 32.5 Å². The van der Waals surface area contributed by atoms with Gasteiger partial charge in [-0.1, -0.05) is 52.7 Å². The summed E-state index contributed by atoms with van der Waals surface area (Å²) in [7, 11) is 3.92. The van der Waals surface area contributed by atoms with Gasteiger partial charge in [-0.2, -0.15) is 0 Å². The molecule has 0 aliphatic rings. The molecule has 4 rings (SSSR count). The van der Waals surface area contributed by atoms with Crippen molar-refractivity contribution in [1.29, 1.82) is 0 Å². The summed E-state index contributed by atoms with van der Waals surface area (Å²) in [5.41, 5.74) is 1.70. The standard InChI is InChI=1S/C28H29BrClN5O2/c1-4-25(34(17-16-33(2)3)28(37)31-21-9-7-8-20(30)18-21)26-32-24-11-6-5-10-23(24)27(36)35(26)22-14-12-19(29)13-15-22/h5-15,18,25H,4,16-17H2,1-3H3,(H,31,37). The predicted octanol–water partition coefficient (Wildman–Crippen LogP) is 6.35. The highest BCUT2D eigenvalue weighted by molar-refractivity contribution is 9.10. The Kier molecular flexibility index (Phi) is 8.63. The smallest absolute Gasteiger partial charge is 0.313 e. The zero-order valence-electron chi connectivity index (χ0n) is 21.0. The molecule has 9 heteroatoms. The van der Waals surface area contributed by atoms with Gasteiger partial charge in [-0.3, -0.25) is 9.36 Å². The fraction of sp³-hybridized carbons (Fsp3) is 0.250. The number of likely N-dealkylation sites (N-methyl/N-ethyl adjacent to an activating group) is 1. The van der Waals surface area contributed by atoms with Crippen molar-refractivity contribution in [3.05, 3.63) is 98.5 Å². The molecule has 1 N–H and O–H groups in total. The number of rotatable bonds is 8. The molecule has 4 aromatic rings. The van der Waals surface area contributed by atoms with Crippen LogP contribution in [0.15, 0.2) is 82.1 Å². The third-order valence-electron chi connectivity index (χ3n) is 6.07.